The van der Waals surface area contributed by atoms with E-state index in [-0.39, 0.29) is 73.1 Å². The van der Waals surface area contributed by atoms with Crippen LogP contribution in [-0.2, 0) is 52.8 Å². The summed E-state index contributed by atoms with van der Waals surface area (Å²) in [6, 6.07) is 8.65. The minimum absolute atomic E-state index is 0.0896. The highest BCUT2D eigenvalue weighted by atomic mass is 19.4. The number of fused-ring (bicyclic) bond motifs is 6. The molecule has 2 N–H and O–H groups in total. The average Bonchev–Trinajstić information content (AvgIpc) is 4.11. The van der Waals surface area contributed by atoms with Gasteiger partial charge in [0.1, 0.15) is 24.7 Å². The number of carbonyl (C=O) groups is 5. The Balaban J connectivity index is 1.18. The van der Waals surface area contributed by atoms with Crippen LogP contribution in [0.5, 0.6) is 0 Å². The molecule has 2 aromatic carbocycles. The Morgan fingerprint density at radius 1 is 0.987 bits per heavy atom. The molecule has 5 atom stereocenters. The fourth-order valence-corrected chi connectivity index (χ4v) is 11.2. The van der Waals surface area contributed by atoms with Crippen molar-refractivity contribution in [3.8, 4) is 34.2 Å². The van der Waals surface area contributed by atoms with E-state index < -0.39 is 89.5 Å². The number of likely N-dealkylation sites (tertiary alicyclic amines) is 2. The second kappa shape index (κ2) is 23.1. The quantitative estimate of drug-likeness (QED) is 0.0856. The summed E-state index contributed by atoms with van der Waals surface area (Å²) in [5.74, 6) is 1.91. The van der Waals surface area contributed by atoms with Crippen LogP contribution in [0.25, 0.3) is 33.3 Å². The maximum Gasteiger partial charge on any atom is 0.406 e. The maximum atomic E-state index is 15.1. The van der Waals surface area contributed by atoms with Gasteiger partial charge in [-0.3, -0.25) is 38.9 Å². The lowest BCUT2D eigenvalue weighted by atomic mass is 9.84. The summed E-state index contributed by atoms with van der Waals surface area (Å²) in [5, 5.41) is 4.50. The van der Waals surface area contributed by atoms with Crippen LogP contribution in [0.15, 0.2) is 54.7 Å². The fourth-order valence-electron chi connectivity index (χ4n) is 11.2. The molecule has 0 aliphatic carbocycles. The molecule has 2 aromatic heterocycles. The van der Waals surface area contributed by atoms with E-state index in [1.54, 1.807) is 51.1 Å². The van der Waals surface area contributed by atoms with Crippen LogP contribution in [0.3, 0.4) is 0 Å². The zero-order chi connectivity index (χ0) is 56.6. The van der Waals surface area contributed by atoms with E-state index in [0.717, 1.165) is 19.5 Å². The van der Waals surface area contributed by atoms with Crippen molar-refractivity contribution in [2.45, 2.75) is 136 Å². The summed E-state index contributed by atoms with van der Waals surface area (Å²) >= 11 is 0. The van der Waals surface area contributed by atoms with Gasteiger partial charge in [0.2, 0.25) is 11.8 Å². The molecule has 0 unspecified atom stereocenters. The van der Waals surface area contributed by atoms with Crippen LogP contribution in [-0.4, -0.2) is 142 Å². The van der Waals surface area contributed by atoms with E-state index in [4.69, 9.17) is 9.47 Å². The zero-order valence-corrected chi connectivity index (χ0v) is 45.9. The molecule has 78 heavy (non-hydrogen) atoms. The first-order chi connectivity index (χ1) is 36.7. The Morgan fingerprint density at radius 2 is 1.73 bits per heavy atom. The number of benzene rings is 2. The molecule has 8 rings (SSSR count). The van der Waals surface area contributed by atoms with Gasteiger partial charge in [0, 0.05) is 86.9 Å². The highest BCUT2D eigenvalue weighted by Gasteiger charge is 2.41. The minimum atomic E-state index is -4.69. The van der Waals surface area contributed by atoms with Crippen molar-refractivity contribution < 1.29 is 55.4 Å². The molecule has 0 saturated carbocycles. The van der Waals surface area contributed by atoms with Crippen LogP contribution < -0.4 is 10.7 Å². The molecule has 420 valence electrons. The molecule has 6 bridgehead atoms. The van der Waals surface area contributed by atoms with Crippen molar-refractivity contribution >= 4 is 40.5 Å². The molecule has 15 nitrogen and oxygen atoms in total. The lowest BCUT2D eigenvalue weighted by molar-refractivity contribution is -0.155. The van der Waals surface area contributed by atoms with E-state index in [9.17, 15) is 37.1 Å². The number of pyridine rings is 1. The normalized spacial score (nSPS) is 21.1. The van der Waals surface area contributed by atoms with E-state index in [2.05, 4.69) is 32.5 Å². The molecular formula is C58H71F5N8O7. The van der Waals surface area contributed by atoms with Gasteiger partial charge in [-0.25, -0.2) is 14.2 Å². The number of alkyl halides is 5. The molecular weight excluding hydrogens is 1020 g/mol. The number of hydrogen-bond acceptors (Lipinski definition) is 10. The van der Waals surface area contributed by atoms with Crippen molar-refractivity contribution in [3.63, 3.8) is 0 Å². The van der Waals surface area contributed by atoms with Gasteiger partial charge in [-0.05, 0) is 117 Å². The molecule has 4 amide bonds. The number of hydrazine groups is 1. The number of aromatic nitrogens is 2. The standard InChI is InChI=1S/C58H71F5N8O7/c1-34(2)49(67(8)53(74)38-18-24-68(31-38)47(72)17-19-57(6,7)69-21-12-22-69)52(73)65-45-27-36-25-39(28-40(26-36)51(59)60)37-15-16-46-42(29-37)43(30-56(4,5)33-78-55(76)44-14-11-23-71(66-44)54(45)75)50(70(46)32-58(61,62)63)41-13-10-20-64-48(41)35(3)77-9/h10,13,15-16,20,25-26,28-29,34-35,38,44-45,49,51,66H,11-12,14,18,21-24,27,30-33H2,1-9H3,(H,65,73)/t35-,38-,44-,45-,49-/m0/s1. The number of hydrogen-bond donors (Lipinski definition) is 2. The van der Waals surface area contributed by atoms with Crippen molar-refractivity contribution in [2.24, 2.45) is 17.3 Å². The Hall–Kier alpha value is -6.43. The Labute approximate surface area is 452 Å². The number of carbonyl (C=O) groups excluding carboxylic acids is 5. The van der Waals surface area contributed by atoms with E-state index in [1.807, 2.05) is 27.7 Å². The molecule has 3 saturated heterocycles. The van der Waals surface area contributed by atoms with Gasteiger partial charge >= 0.3 is 12.1 Å². The van der Waals surface area contributed by atoms with Gasteiger partial charge in [0.05, 0.1) is 35.6 Å². The molecule has 0 spiro atoms. The van der Waals surface area contributed by atoms with Crippen LogP contribution in [0.1, 0.15) is 109 Å². The van der Waals surface area contributed by atoms with Crippen molar-refractivity contribution in [3.05, 3.63) is 77.1 Å². The fraction of sp³-hybridized carbons (Fsp3) is 0.552. The summed E-state index contributed by atoms with van der Waals surface area (Å²) in [6.07, 6.45) is -4.98. The smallest absolute Gasteiger partial charge is 0.406 e. The Morgan fingerprint density at radius 3 is 2.40 bits per heavy atom. The van der Waals surface area contributed by atoms with Gasteiger partial charge in [0.25, 0.3) is 18.2 Å². The lowest BCUT2D eigenvalue weighted by Gasteiger charge is -2.41. The van der Waals surface area contributed by atoms with E-state index >= 15 is 8.78 Å². The second-order valence-corrected chi connectivity index (χ2v) is 22.9. The van der Waals surface area contributed by atoms with Gasteiger partial charge in [-0.1, -0.05) is 51.8 Å². The van der Waals surface area contributed by atoms with Gasteiger partial charge < -0.3 is 29.2 Å². The summed E-state index contributed by atoms with van der Waals surface area (Å²) < 4.78 is 87.4. The predicted molar refractivity (Wildman–Crippen MR) is 283 cm³/mol. The van der Waals surface area contributed by atoms with Crippen molar-refractivity contribution in [1.29, 1.82) is 0 Å². The Bertz CT molecular complexity index is 3000. The highest BCUT2D eigenvalue weighted by molar-refractivity contribution is 5.97. The number of methoxy groups -OCH3 is 1. The first-order valence-electron chi connectivity index (χ1n) is 26.8. The SMILES string of the molecule is CO[C@@H](C)c1ncccc1-c1c2c3cc(ccc3n1CC(F)(F)F)-c1cc(cc(C(F)F)c1)C[C@H](NC(=O)[C@H](C(C)C)N(C)C(=O)[C@H]1CCN(C(=O)C#CC(C)(C)N3CCC3)C1)C(=O)N1CCC[C@H](N1)C(=O)OCC(C)(C)C2. The topological polar surface area (TPSA) is 159 Å². The molecule has 4 aromatic rings. The van der Waals surface area contributed by atoms with Crippen LogP contribution in [0.2, 0.25) is 0 Å². The van der Waals surface area contributed by atoms with E-state index in [1.165, 1.54) is 57.9 Å². The third-order valence-electron chi connectivity index (χ3n) is 15.6. The summed E-state index contributed by atoms with van der Waals surface area (Å²) in [7, 11) is 2.97. The number of esters is 1. The number of nitrogens with zero attached hydrogens (tertiary/aromatic N) is 6. The number of ether oxygens (including phenoxy) is 2. The summed E-state index contributed by atoms with van der Waals surface area (Å²) in [5.41, 5.74) is 3.76. The summed E-state index contributed by atoms with van der Waals surface area (Å²) in [4.78, 5) is 80.8. The van der Waals surface area contributed by atoms with Gasteiger partial charge in [0.15, 0.2) is 0 Å². The van der Waals surface area contributed by atoms with Gasteiger partial charge in [-0.15, -0.1) is 0 Å². The number of amides is 4. The summed E-state index contributed by atoms with van der Waals surface area (Å²) in [6.45, 7) is 13.6. The number of halogens is 5. The number of nitrogens with one attached hydrogen (secondary N) is 2. The third kappa shape index (κ3) is 12.7. The molecule has 0 radical (unpaired) electrons. The second-order valence-electron chi connectivity index (χ2n) is 22.9. The number of likely N-dealkylation sites (N-methyl/N-ethyl adjacent to an activating group) is 1. The van der Waals surface area contributed by atoms with E-state index in [0.29, 0.717) is 47.2 Å². The van der Waals surface area contributed by atoms with Crippen LogP contribution in [0.4, 0.5) is 22.0 Å². The highest BCUT2D eigenvalue weighted by Crippen LogP contribution is 2.43. The molecule has 20 heteroatoms. The monoisotopic (exact) mass is 1090 g/mol. The largest absolute Gasteiger partial charge is 0.464 e. The molecule has 3 fully saturated rings. The van der Waals surface area contributed by atoms with Crippen molar-refractivity contribution in [1.82, 2.24) is 40.0 Å². The molecule has 4 aliphatic rings. The Kier molecular flexibility index (Phi) is 17.1. The third-order valence-corrected chi connectivity index (χ3v) is 15.6. The maximum absolute atomic E-state index is 15.1. The van der Waals surface area contributed by atoms with Crippen LogP contribution >= 0.6 is 0 Å². The first-order valence-corrected chi connectivity index (χ1v) is 26.8. The number of rotatable bonds is 11. The van der Waals surface area contributed by atoms with Gasteiger partial charge in [-0.2, -0.15) is 13.2 Å². The number of cyclic esters (lactones) is 1. The zero-order valence-electron chi connectivity index (χ0n) is 45.9. The average molecular weight is 1090 g/mol. The predicted octanol–water partition coefficient (Wildman–Crippen LogP) is 8.05. The van der Waals surface area contributed by atoms with Crippen molar-refractivity contribution in [2.75, 3.05) is 53.5 Å². The molecule has 4 aliphatic heterocycles. The minimum Gasteiger partial charge on any atom is -0.464 e. The van der Waals surface area contributed by atoms with Crippen LogP contribution in [0, 0.1) is 29.1 Å². The first kappa shape index (κ1) is 57.7. The molecule has 6 heterocycles. The lowest BCUT2D eigenvalue weighted by Crippen LogP contribution is -2.62.